The zero-order chi connectivity index (χ0) is 10.9. The molecule has 0 aliphatic heterocycles. The van der Waals surface area contributed by atoms with Gasteiger partial charge in [0.25, 0.3) is 0 Å². The fraction of sp³-hybridized carbons (Fsp3) is 0.571. The molecule has 0 unspecified atom stereocenters. The van der Waals surface area contributed by atoms with Crippen molar-refractivity contribution >= 4 is 15.9 Å². The summed E-state index contributed by atoms with van der Waals surface area (Å²) in [5, 5.41) is 1.16. The molecule has 1 aliphatic rings. The topological polar surface area (TPSA) is 0 Å². The van der Waals surface area contributed by atoms with Crippen LogP contribution in [0.15, 0.2) is 18.2 Å². The van der Waals surface area contributed by atoms with E-state index in [-0.39, 0.29) is 0 Å². The van der Waals surface area contributed by atoms with Gasteiger partial charge >= 0.3 is 0 Å². The molecule has 0 N–H and O–H groups in total. The van der Waals surface area contributed by atoms with Crippen LogP contribution in [0.1, 0.15) is 36.0 Å². The van der Waals surface area contributed by atoms with Crippen LogP contribution in [0.4, 0.5) is 0 Å². The van der Waals surface area contributed by atoms with Gasteiger partial charge in [0.1, 0.15) is 0 Å². The van der Waals surface area contributed by atoms with Crippen LogP contribution in [0.2, 0.25) is 0 Å². The molecule has 0 atom stereocenters. The fourth-order valence-corrected chi connectivity index (χ4v) is 3.30. The van der Waals surface area contributed by atoms with Crippen LogP contribution in [-0.4, -0.2) is 5.33 Å². The van der Waals surface area contributed by atoms with E-state index in [4.69, 9.17) is 0 Å². The molecule has 0 aromatic heterocycles. The van der Waals surface area contributed by atoms with Gasteiger partial charge < -0.3 is 0 Å². The summed E-state index contributed by atoms with van der Waals surface area (Å²) in [5.41, 5.74) is 5.07. The average Bonchev–Trinajstić information content (AvgIpc) is 2.15. The minimum atomic E-state index is 0.566. The number of aryl methyl sites for hydroxylation is 2. The van der Waals surface area contributed by atoms with Gasteiger partial charge in [-0.15, -0.1) is 0 Å². The van der Waals surface area contributed by atoms with Gasteiger partial charge in [-0.3, -0.25) is 0 Å². The quantitative estimate of drug-likeness (QED) is 0.711. The van der Waals surface area contributed by atoms with Gasteiger partial charge in [-0.2, -0.15) is 0 Å². The molecule has 1 aromatic rings. The van der Waals surface area contributed by atoms with Crippen molar-refractivity contribution in [2.45, 2.75) is 39.5 Å². The molecule has 1 fully saturated rings. The van der Waals surface area contributed by atoms with Gasteiger partial charge in [0.15, 0.2) is 0 Å². The van der Waals surface area contributed by atoms with E-state index < -0.39 is 0 Å². The van der Waals surface area contributed by atoms with Crippen molar-refractivity contribution in [1.29, 1.82) is 0 Å². The Balaban J connectivity index is 2.23. The molecule has 0 radical (unpaired) electrons. The van der Waals surface area contributed by atoms with E-state index in [2.05, 4.69) is 48.0 Å². The third-order valence-corrected chi connectivity index (χ3v) is 5.08. The SMILES string of the molecule is Cc1cccc(C)c1CC1(CBr)CCC1. The molecule has 1 aromatic carbocycles. The first kappa shape index (κ1) is 11.2. The van der Waals surface area contributed by atoms with Crippen LogP contribution in [-0.2, 0) is 6.42 Å². The van der Waals surface area contributed by atoms with E-state index in [0.717, 1.165) is 5.33 Å². The Hall–Kier alpha value is -0.300. The summed E-state index contributed by atoms with van der Waals surface area (Å²) in [6.07, 6.45) is 5.46. The molecule has 1 saturated carbocycles. The van der Waals surface area contributed by atoms with Crippen LogP contribution in [0.3, 0.4) is 0 Å². The van der Waals surface area contributed by atoms with Crippen LogP contribution in [0, 0.1) is 19.3 Å². The molecule has 0 nitrogen and oxygen atoms in total. The van der Waals surface area contributed by atoms with Crippen LogP contribution in [0.25, 0.3) is 0 Å². The predicted molar refractivity (Wildman–Crippen MR) is 69.7 cm³/mol. The van der Waals surface area contributed by atoms with E-state index in [1.165, 1.54) is 36.8 Å². The summed E-state index contributed by atoms with van der Waals surface area (Å²) in [5.74, 6) is 0. The minimum Gasteiger partial charge on any atom is -0.0922 e. The summed E-state index contributed by atoms with van der Waals surface area (Å²) < 4.78 is 0. The summed E-state index contributed by atoms with van der Waals surface area (Å²) in [6.45, 7) is 4.48. The van der Waals surface area contributed by atoms with Gasteiger partial charge in [-0.05, 0) is 55.2 Å². The monoisotopic (exact) mass is 266 g/mol. The first-order valence-electron chi connectivity index (χ1n) is 5.78. The van der Waals surface area contributed by atoms with E-state index in [1.54, 1.807) is 5.56 Å². The predicted octanol–water partition coefficient (Wildman–Crippen LogP) is 4.41. The minimum absolute atomic E-state index is 0.566. The summed E-state index contributed by atoms with van der Waals surface area (Å²) in [4.78, 5) is 0. The Morgan fingerprint density at radius 1 is 1.20 bits per heavy atom. The number of alkyl halides is 1. The maximum atomic E-state index is 3.69. The van der Waals surface area contributed by atoms with Crippen molar-refractivity contribution in [2.75, 3.05) is 5.33 Å². The average molecular weight is 267 g/mol. The molecule has 0 bridgehead atoms. The fourth-order valence-electron chi connectivity index (χ4n) is 2.54. The summed E-state index contributed by atoms with van der Waals surface area (Å²) >= 11 is 3.69. The Morgan fingerprint density at radius 3 is 2.20 bits per heavy atom. The number of rotatable bonds is 3. The van der Waals surface area contributed by atoms with Crippen molar-refractivity contribution in [2.24, 2.45) is 5.41 Å². The molecule has 2 rings (SSSR count). The number of halogens is 1. The maximum absolute atomic E-state index is 3.69. The molecule has 0 heterocycles. The summed E-state index contributed by atoms with van der Waals surface area (Å²) in [6, 6.07) is 6.64. The molecule has 1 aliphatic carbocycles. The smallest absolute Gasteiger partial charge is 0.00911 e. The van der Waals surface area contributed by atoms with Crippen molar-refractivity contribution < 1.29 is 0 Å². The second-order valence-corrected chi connectivity index (χ2v) is 5.60. The highest BCUT2D eigenvalue weighted by atomic mass is 79.9. The van der Waals surface area contributed by atoms with Gasteiger partial charge in [0, 0.05) is 5.33 Å². The number of hydrogen-bond donors (Lipinski definition) is 0. The lowest BCUT2D eigenvalue weighted by atomic mass is 9.66. The van der Waals surface area contributed by atoms with E-state index in [0.29, 0.717) is 5.41 Å². The lowest BCUT2D eigenvalue weighted by Crippen LogP contribution is -2.33. The first-order valence-corrected chi connectivity index (χ1v) is 6.90. The normalized spacial score (nSPS) is 18.6. The third kappa shape index (κ3) is 2.13. The van der Waals surface area contributed by atoms with E-state index >= 15 is 0 Å². The van der Waals surface area contributed by atoms with Gasteiger partial charge in [-0.1, -0.05) is 40.5 Å². The maximum Gasteiger partial charge on any atom is 0.00911 e. The largest absolute Gasteiger partial charge is 0.0922 e. The van der Waals surface area contributed by atoms with Crippen LogP contribution in [0.5, 0.6) is 0 Å². The van der Waals surface area contributed by atoms with Crippen LogP contribution < -0.4 is 0 Å². The van der Waals surface area contributed by atoms with Gasteiger partial charge in [-0.25, -0.2) is 0 Å². The highest BCUT2D eigenvalue weighted by molar-refractivity contribution is 9.09. The Bertz CT molecular complexity index is 325. The number of benzene rings is 1. The van der Waals surface area contributed by atoms with Gasteiger partial charge in [0.2, 0.25) is 0 Å². The Kier molecular flexibility index (Phi) is 3.20. The molecule has 82 valence electrons. The molecular formula is C14H19Br. The number of hydrogen-bond acceptors (Lipinski definition) is 0. The van der Waals surface area contributed by atoms with Gasteiger partial charge in [0.05, 0.1) is 0 Å². The molecule has 1 heteroatoms. The van der Waals surface area contributed by atoms with Crippen molar-refractivity contribution in [1.82, 2.24) is 0 Å². The third-order valence-electron chi connectivity index (χ3n) is 3.89. The summed E-state index contributed by atoms with van der Waals surface area (Å²) in [7, 11) is 0. The molecule has 0 saturated heterocycles. The van der Waals surface area contributed by atoms with Crippen LogP contribution >= 0.6 is 15.9 Å². The standard InChI is InChI=1S/C14H19Br/c1-11-5-3-6-12(2)13(11)9-14(10-15)7-4-8-14/h3,5-6H,4,7-10H2,1-2H3. The zero-order valence-corrected chi connectivity index (χ0v) is 11.2. The highest BCUT2D eigenvalue weighted by Crippen LogP contribution is 2.45. The van der Waals surface area contributed by atoms with E-state index in [9.17, 15) is 0 Å². The Labute approximate surface area is 101 Å². The zero-order valence-electron chi connectivity index (χ0n) is 9.65. The first-order chi connectivity index (χ1) is 7.17. The van der Waals surface area contributed by atoms with Crippen molar-refractivity contribution in [3.05, 3.63) is 34.9 Å². The lowest BCUT2D eigenvalue weighted by Gasteiger charge is -2.41. The van der Waals surface area contributed by atoms with E-state index in [1.807, 2.05) is 0 Å². The molecular weight excluding hydrogens is 248 g/mol. The molecule has 0 amide bonds. The lowest BCUT2D eigenvalue weighted by molar-refractivity contribution is 0.169. The highest BCUT2D eigenvalue weighted by Gasteiger charge is 2.36. The second-order valence-electron chi connectivity index (χ2n) is 5.03. The molecule has 15 heavy (non-hydrogen) atoms. The van der Waals surface area contributed by atoms with Crippen molar-refractivity contribution in [3.63, 3.8) is 0 Å². The Morgan fingerprint density at radius 2 is 1.80 bits per heavy atom. The van der Waals surface area contributed by atoms with Crippen molar-refractivity contribution in [3.8, 4) is 0 Å². The molecule has 0 spiro atoms. The second kappa shape index (κ2) is 4.29.